The second kappa shape index (κ2) is 7.25. The molecule has 1 amide bonds. The molecule has 2 aromatic carbocycles. The molecule has 0 radical (unpaired) electrons. The SMILES string of the molecule is CN(C)C[C@H](NC(=O)c1ccccc1Cl)c1ccccc1. The van der Waals surface area contributed by atoms with E-state index in [1.807, 2.05) is 61.5 Å². The van der Waals surface area contributed by atoms with Gasteiger partial charge in [-0.25, -0.2) is 0 Å². The summed E-state index contributed by atoms with van der Waals surface area (Å²) in [5, 5.41) is 3.52. The van der Waals surface area contributed by atoms with Gasteiger partial charge in [-0.1, -0.05) is 54.1 Å². The maximum atomic E-state index is 12.4. The van der Waals surface area contributed by atoms with Crippen molar-refractivity contribution in [2.24, 2.45) is 0 Å². The lowest BCUT2D eigenvalue weighted by molar-refractivity contribution is 0.0930. The Labute approximate surface area is 130 Å². The van der Waals surface area contributed by atoms with Crippen LogP contribution in [0.3, 0.4) is 0 Å². The van der Waals surface area contributed by atoms with Crippen molar-refractivity contribution in [2.45, 2.75) is 6.04 Å². The van der Waals surface area contributed by atoms with Gasteiger partial charge in [0.2, 0.25) is 0 Å². The highest BCUT2D eigenvalue weighted by Crippen LogP contribution is 2.18. The molecule has 0 aliphatic carbocycles. The summed E-state index contributed by atoms with van der Waals surface area (Å²) in [5.41, 5.74) is 1.57. The molecule has 0 unspecified atom stereocenters. The average Bonchev–Trinajstić information content (AvgIpc) is 2.47. The molecule has 0 spiro atoms. The molecule has 2 aromatic rings. The molecule has 0 saturated heterocycles. The third kappa shape index (κ3) is 4.31. The van der Waals surface area contributed by atoms with Crippen LogP contribution in [0.15, 0.2) is 54.6 Å². The highest BCUT2D eigenvalue weighted by Gasteiger charge is 2.17. The first-order valence-corrected chi connectivity index (χ1v) is 7.21. The number of carbonyl (C=O) groups excluding carboxylic acids is 1. The summed E-state index contributed by atoms with van der Waals surface area (Å²) < 4.78 is 0. The first-order valence-electron chi connectivity index (χ1n) is 6.83. The van der Waals surface area contributed by atoms with Gasteiger partial charge in [0.25, 0.3) is 5.91 Å². The number of rotatable bonds is 5. The summed E-state index contributed by atoms with van der Waals surface area (Å²) in [4.78, 5) is 14.5. The molecule has 3 nitrogen and oxygen atoms in total. The van der Waals surface area contributed by atoms with Gasteiger partial charge in [-0.05, 0) is 31.8 Å². The Hall–Kier alpha value is -1.84. The van der Waals surface area contributed by atoms with Crippen LogP contribution in [-0.2, 0) is 0 Å². The van der Waals surface area contributed by atoms with E-state index in [1.54, 1.807) is 12.1 Å². The largest absolute Gasteiger partial charge is 0.344 e. The zero-order valence-electron chi connectivity index (χ0n) is 12.2. The molecule has 0 heterocycles. The summed E-state index contributed by atoms with van der Waals surface area (Å²) >= 11 is 6.08. The van der Waals surface area contributed by atoms with E-state index >= 15 is 0 Å². The maximum Gasteiger partial charge on any atom is 0.253 e. The van der Waals surface area contributed by atoms with Crippen molar-refractivity contribution in [1.82, 2.24) is 10.2 Å². The van der Waals surface area contributed by atoms with Gasteiger partial charge in [0.15, 0.2) is 0 Å². The first kappa shape index (κ1) is 15.5. The molecule has 4 heteroatoms. The van der Waals surface area contributed by atoms with Crippen molar-refractivity contribution in [3.8, 4) is 0 Å². The van der Waals surface area contributed by atoms with Crippen LogP contribution in [0.2, 0.25) is 5.02 Å². The van der Waals surface area contributed by atoms with E-state index in [9.17, 15) is 4.79 Å². The zero-order valence-corrected chi connectivity index (χ0v) is 13.0. The van der Waals surface area contributed by atoms with Gasteiger partial charge in [-0.2, -0.15) is 0 Å². The second-order valence-electron chi connectivity index (χ2n) is 5.18. The third-order valence-electron chi connectivity index (χ3n) is 3.17. The fraction of sp³-hybridized carbons (Fsp3) is 0.235. The minimum absolute atomic E-state index is 0.0787. The standard InChI is InChI=1S/C17H19ClN2O/c1-20(2)12-16(13-8-4-3-5-9-13)19-17(21)14-10-6-7-11-15(14)18/h3-11,16H,12H2,1-2H3,(H,19,21)/t16-/m0/s1. The molecule has 1 atom stereocenters. The maximum absolute atomic E-state index is 12.4. The molecule has 21 heavy (non-hydrogen) atoms. The molecule has 2 rings (SSSR count). The lowest BCUT2D eigenvalue weighted by Crippen LogP contribution is -2.35. The quantitative estimate of drug-likeness (QED) is 0.918. The molecule has 0 saturated carbocycles. The van der Waals surface area contributed by atoms with E-state index < -0.39 is 0 Å². The minimum Gasteiger partial charge on any atom is -0.344 e. The number of carbonyl (C=O) groups is 1. The van der Waals surface area contributed by atoms with Gasteiger partial charge in [0.05, 0.1) is 16.6 Å². The number of halogens is 1. The molecular formula is C17H19ClN2O. The molecule has 0 aliphatic rings. The predicted molar refractivity (Wildman–Crippen MR) is 86.7 cm³/mol. The van der Waals surface area contributed by atoms with Crippen LogP contribution in [0, 0.1) is 0 Å². The van der Waals surface area contributed by atoms with Crippen LogP contribution in [0.1, 0.15) is 22.0 Å². The number of benzene rings is 2. The lowest BCUT2D eigenvalue weighted by Gasteiger charge is -2.23. The Morgan fingerprint density at radius 1 is 1.10 bits per heavy atom. The molecule has 0 aliphatic heterocycles. The van der Waals surface area contributed by atoms with Crippen molar-refractivity contribution in [1.29, 1.82) is 0 Å². The molecular weight excluding hydrogens is 284 g/mol. The van der Waals surface area contributed by atoms with Crippen molar-refractivity contribution in [3.63, 3.8) is 0 Å². The third-order valence-corrected chi connectivity index (χ3v) is 3.50. The van der Waals surface area contributed by atoms with Crippen molar-refractivity contribution in [3.05, 3.63) is 70.7 Å². The highest BCUT2D eigenvalue weighted by atomic mass is 35.5. The molecule has 0 aromatic heterocycles. The van der Waals surface area contributed by atoms with E-state index in [4.69, 9.17) is 11.6 Å². The van der Waals surface area contributed by atoms with Crippen LogP contribution >= 0.6 is 11.6 Å². The normalized spacial score (nSPS) is 12.2. The Balaban J connectivity index is 2.19. The molecule has 0 fully saturated rings. The van der Waals surface area contributed by atoms with E-state index in [-0.39, 0.29) is 11.9 Å². The predicted octanol–water partition coefficient (Wildman–Crippen LogP) is 3.37. The van der Waals surface area contributed by atoms with E-state index in [1.165, 1.54) is 0 Å². The summed E-state index contributed by atoms with van der Waals surface area (Å²) in [6.07, 6.45) is 0. The van der Waals surface area contributed by atoms with Crippen LogP contribution in [0.25, 0.3) is 0 Å². The number of hydrogen-bond acceptors (Lipinski definition) is 2. The van der Waals surface area contributed by atoms with Crippen LogP contribution in [0.5, 0.6) is 0 Å². The fourth-order valence-corrected chi connectivity index (χ4v) is 2.39. The average molecular weight is 303 g/mol. The van der Waals surface area contributed by atoms with Crippen LogP contribution in [-0.4, -0.2) is 31.4 Å². The van der Waals surface area contributed by atoms with Crippen LogP contribution in [0.4, 0.5) is 0 Å². The Kier molecular flexibility index (Phi) is 5.37. The summed E-state index contributed by atoms with van der Waals surface area (Å²) in [6.45, 7) is 0.722. The number of likely N-dealkylation sites (N-methyl/N-ethyl adjacent to an activating group) is 1. The van der Waals surface area contributed by atoms with E-state index in [2.05, 4.69) is 5.32 Å². The van der Waals surface area contributed by atoms with Gasteiger partial charge in [0.1, 0.15) is 0 Å². The number of nitrogens with one attached hydrogen (secondary N) is 1. The van der Waals surface area contributed by atoms with Crippen molar-refractivity contribution in [2.75, 3.05) is 20.6 Å². The van der Waals surface area contributed by atoms with E-state index in [0.717, 1.165) is 12.1 Å². The molecule has 110 valence electrons. The summed E-state index contributed by atoms with van der Waals surface area (Å²) in [7, 11) is 3.97. The van der Waals surface area contributed by atoms with Gasteiger partial charge in [-0.15, -0.1) is 0 Å². The number of amides is 1. The Bertz CT molecular complexity index is 599. The Morgan fingerprint density at radius 3 is 2.33 bits per heavy atom. The first-order chi connectivity index (χ1) is 10.1. The van der Waals surface area contributed by atoms with Crippen molar-refractivity contribution >= 4 is 17.5 Å². The van der Waals surface area contributed by atoms with Gasteiger partial charge < -0.3 is 10.2 Å². The molecule has 1 N–H and O–H groups in total. The zero-order chi connectivity index (χ0) is 15.2. The highest BCUT2D eigenvalue weighted by molar-refractivity contribution is 6.33. The van der Waals surface area contributed by atoms with Crippen molar-refractivity contribution < 1.29 is 4.79 Å². The Morgan fingerprint density at radius 2 is 1.71 bits per heavy atom. The fourth-order valence-electron chi connectivity index (χ4n) is 2.17. The van der Waals surface area contributed by atoms with Gasteiger partial charge in [0, 0.05) is 6.54 Å². The van der Waals surface area contributed by atoms with Gasteiger partial charge >= 0.3 is 0 Å². The second-order valence-corrected chi connectivity index (χ2v) is 5.59. The van der Waals surface area contributed by atoms with Crippen LogP contribution < -0.4 is 5.32 Å². The van der Waals surface area contributed by atoms with Gasteiger partial charge in [-0.3, -0.25) is 4.79 Å². The lowest BCUT2D eigenvalue weighted by atomic mass is 10.1. The summed E-state index contributed by atoms with van der Waals surface area (Å²) in [6, 6.07) is 16.9. The minimum atomic E-state index is -0.156. The smallest absolute Gasteiger partial charge is 0.253 e. The number of nitrogens with zero attached hydrogens (tertiary/aromatic N) is 1. The molecule has 0 bridgehead atoms. The monoisotopic (exact) mass is 302 g/mol. The number of hydrogen-bond donors (Lipinski definition) is 1. The van der Waals surface area contributed by atoms with E-state index in [0.29, 0.717) is 10.6 Å². The summed E-state index contributed by atoms with van der Waals surface area (Å²) in [5.74, 6) is -0.156. The topological polar surface area (TPSA) is 32.3 Å².